The molecule has 6 nitrogen and oxygen atoms in total. The molecule has 0 atom stereocenters. The molecule has 154 valence electrons. The highest BCUT2D eigenvalue weighted by atomic mass is 15.3. The maximum atomic E-state index is 4.74. The zero-order valence-corrected chi connectivity index (χ0v) is 17.5. The zero-order valence-electron chi connectivity index (χ0n) is 17.5. The summed E-state index contributed by atoms with van der Waals surface area (Å²) in [6.07, 6.45) is 6.89. The lowest BCUT2D eigenvalue weighted by molar-refractivity contribution is 0.644. The SMILES string of the molecule is Cc1ccccc1N1CCN(c2ncccc2CNc2ncnc3c2CCC3)CC1. The molecule has 2 aliphatic rings. The van der Waals surface area contributed by atoms with Crippen LogP contribution in [0.15, 0.2) is 48.9 Å². The highest BCUT2D eigenvalue weighted by Gasteiger charge is 2.22. The summed E-state index contributed by atoms with van der Waals surface area (Å²) in [6, 6.07) is 12.8. The van der Waals surface area contributed by atoms with E-state index >= 15 is 0 Å². The molecule has 0 bridgehead atoms. The molecule has 30 heavy (non-hydrogen) atoms. The number of para-hydroxylation sites is 1. The fraction of sp³-hybridized carbons (Fsp3) is 0.375. The van der Waals surface area contributed by atoms with Crippen LogP contribution in [0.5, 0.6) is 0 Å². The quantitative estimate of drug-likeness (QED) is 0.706. The minimum Gasteiger partial charge on any atom is -0.368 e. The Morgan fingerprint density at radius 1 is 0.900 bits per heavy atom. The number of fused-ring (bicyclic) bond motifs is 1. The minimum atomic E-state index is 0.727. The number of anilines is 3. The van der Waals surface area contributed by atoms with Crippen LogP contribution in [0.3, 0.4) is 0 Å². The topological polar surface area (TPSA) is 57.2 Å². The molecule has 5 rings (SSSR count). The van der Waals surface area contributed by atoms with Crippen LogP contribution in [0, 0.1) is 6.92 Å². The Kier molecular flexibility index (Phi) is 5.22. The van der Waals surface area contributed by atoms with E-state index in [-0.39, 0.29) is 0 Å². The molecule has 1 N–H and O–H groups in total. The van der Waals surface area contributed by atoms with Crippen molar-refractivity contribution >= 4 is 17.3 Å². The average Bonchev–Trinajstić information content (AvgIpc) is 3.28. The molecule has 0 saturated carbocycles. The predicted octanol–water partition coefficient (Wildman–Crippen LogP) is 3.61. The van der Waals surface area contributed by atoms with Crippen molar-refractivity contribution in [2.24, 2.45) is 0 Å². The number of nitrogens with zero attached hydrogens (tertiary/aromatic N) is 5. The van der Waals surface area contributed by atoms with Gasteiger partial charge in [0.2, 0.25) is 0 Å². The molecule has 1 aromatic carbocycles. The van der Waals surface area contributed by atoms with E-state index in [9.17, 15) is 0 Å². The molecule has 0 spiro atoms. The Morgan fingerprint density at radius 2 is 1.73 bits per heavy atom. The van der Waals surface area contributed by atoms with Gasteiger partial charge < -0.3 is 15.1 Å². The summed E-state index contributed by atoms with van der Waals surface area (Å²) in [7, 11) is 0. The van der Waals surface area contributed by atoms with Gasteiger partial charge in [-0.25, -0.2) is 15.0 Å². The summed E-state index contributed by atoms with van der Waals surface area (Å²) >= 11 is 0. The third kappa shape index (κ3) is 3.70. The standard InChI is InChI=1S/C24H28N6/c1-18-6-2-3-10-22(18)29-12-14-30(15-13-29)24-19(7-5-11-25-24)16-26-23-20-8-4-9-21(20)27-17-28-23/h2-3,5-7,10-11,17H,4,8-9,12-16H2,1H3,(H,26,27,28). The number of aromatic nitrogens is 3. The summed E-state index contributed by atoms with van der Waals surface area (Å²) in [5.41, 5.74) is 6.39. The second kappa shape index (κ2) is 8.30. The molecule has 0 amide bonds. The van der Waals surface area contributed by atoms with E-state index in [1.807, 2.05) is 12.3 Å². The summed E-state index contributed by atoms with van der Waals surface area (Å²) < 4.78 is 0. The second-order valence-corrected chi connectivity index (χ2v) is 8.10. The molecule has 1 saturated heterocycles. The molecule has 0 radical (unpaired) electrons. The van der Waals surface area contributed by atoms with Crippen LogP contribution < -0.4 is 15.1 Å². The number of aryl methyl sites for hydroxylation is 2. The number of benzene rings is 1. The van der Waals surface area contributed by atoms with Crippen LogP contribution in [0.25, 0.3) is 0 Å². The number of hydrogen-bond donors (Lipinski definition) is 1. The van der Waals surface area contributed by atoms with Gasteiger partial charge in [-0.3, -0.25) is 0 Å². The first-order valence-corrected chi connectivity index (χ1v) is 10.9. The Labute approximate surface area is 178 Å². The van der Waals surface area contributed by atoms with Gasteiger partial charge in [0.05, 0.1) is 0 Å². The zero-order chi connectivity index (χ0) is 20.3. The number of rotatable bonds is 5. The lowest BCUT2D eigenvalue weighted by Crippen LogP contribution is -2.47. The van der Waals surface area contributed by atoms with E-state index in [2.05, 4.69) is 62.3 Å². The molecule has 6 heteroatoms. The summed E-state index contributed by atoms with van der Waals surface area (Å²) in [5, 5.41) is 3.55. The summed E-state index contributed by atoms with van der Waals surface area (Å²) in [4.78, 5) is 18.6. The third-order valence-corrected chi connectivity index (χ3v) is 6.22. The lowest BCUT2D eigenvalue weighted by atomic mass is 10.1. The van der Waals surface area contributed by atoms with Gasteiger partial charge in [-0.15, -0.1) is 0 Å². The fourth-order valence-corrected chi connectivity index (χ4v) is 4.62. The maximum absolute atomic E-state index is 4.74. The van der Waals surface area contributed by atoms with Gasteiger partial charge >= 0.3 is 0 Å². The first-order valence-electron chi connectivity index (χ1n) is 10.9. The number of pyridine rings is 1. The van der Waals surface area contributed by atoms with Crippen LogP contribution in [-0.2, 0) is 19.4 Å². The van der Waals surface area contributed by atoms with E-state index in [0.717, 1.165) is 57.2 Å². The van der Waals surface area contributed by atoms with Crippen molar-refractivity contribution in [1.82, 2.24) is 15.0 Å². The van der Waals surface area contributed by atoms with Crippen molar-refractivity contribution in [3.63, 3.8) is 0 Å². The van der Waals surface area contributed by atoms with Gasteiger partial charge in [0.15, 0.2) is 0 Å². The molecule has 1 aliphatic carbocycles. The van der Waals surface area contributed by atoms with Crippen molar-refractivity contribution in [3.8, 4) is 0 Å². The molecule has 1 aliphatic heterocycles. The Bertz CT molecular complexity index is 1030. The van der Waals surface area contributed by atoms with Crippen LogP contribution in [0.2, 0.25) is 0 Å². The molecular formula is C24H28N6. The van der Waals surface area contributed by atoms with Crippen molar-refractivity contribution < 1.29 is 0 Å². The monoisotopic (exact) mass is 400 g/mol. The molecule has 3 heterocycles. The largest absolute Gasteiger partial charge is 0.368 e. The van der Waals surface area contributed by atoms with Crippen LogP contribution in [0.4, 0.5) is 17.3 Å². The van der Waals surface area contributed by atoms with E-state index in [1.165, 1.54) is 34.5 Å². The van der Waals surface area contributed by atoms with Gasteiger partial charge in [0.1, 0.15) is 18.0 Å². The van der Waals surface area contributed by atoms with Crippen LogP contribution >= 0.6 is 0 Å². The normalized spacial score (nSPS) is 15.9. The van der Waals surface area contributed by atoms with Gasteiger partial charge in [0, 0.05) is 61.4 Å². The van der Waals surface area contributed by atoms with Gasteiger partial charge in [-0.2, -0.15) is 0 Å². The van der Waals surface area contributed by atoms with Crippen molar-refractivity contribution in [2.45, 2.75) is 32.7 Å². The highest BCUT2D eigenvalue weighted by molar-refractivity contribution is 5.56. The van der Waals surface area contributed by atoms with Crippen LogP contribution in [0.1, 0.15) is 28.8 Å². The molecule has 2 aromatic heterocycles. The van der Waals surface area contributed by atoms with Crippen LogP contribution in [-0.4, -0.2) is 41.1 Å². The molecular weight excluding hydrogens is 372 g/mol. The highest BCUT2D eigenvalue weighted by Crippen LogP contribution is 2.27. The Hall–Kier alpha value is -3.15. The number of piperazine rings is 1. The third-order valence-electron chi connectivity index (χ3n) is 6.22. The predicted molar refractivity (Wildman–Crippen MR) is 121 cm³/mol. The summed E-state index contributed by atoms with van der Waals surface area (Å²) in [6.45, 7) is 6.88. The van der Waals surface area contributed by atoms with Crippen molar-refractivity contribution in [3.05, 3.63) is 71.3 Å². The maximum Gasteiger partial charge on any atom is 0.133 e. The summed E-state index contributed by atoms with van der Waals surface area (Å²) in [5.74, 6) is 2.07. The average molecular weight is 401 g/mol. The van der Waals surface area contributed by atoms with Gasteiger partial charge in [-0.1, -0.05) is 24.3 Å². The van der Waals surface area contributed by atoms with E-state index < -0.39 is 0 Å². The van der Waals surface area contributed by atoms with E-state index in [0.29, 0.717) is 0 Å². The Balaban J connectivity index is 1.28. The Morgan fingerprint density at radius 3 is 2.60 bits per heavy atom. The van der Waals surface area contributed by atoms with Crippen molar-refractivity contribution in [1.29, 1.82) is 0 Å². The number of nitrogens with one attached hydrogen (secondary N) is 1. The lowest BCUT2D eigenvalue weighted by Gasteiger charge is -2.38. The van der Waals surface area contributed by atoms with Gasteiger partial charge in [0.25, 0.3) is 0 Å². The molecule has 3 aromatic rings. The smallest absolute Gasteiger partial charge is 0.133 e. The van der Waals surface area contributed by atoms with E-state index in [1.54, 1.807) is 6.33 Å². The first kappa shape index (κ1) is 18.9. The second-order valence-electron chi connectivity index (χ2n) is 8.10. The van der Waals surface area contributed by atoms with Gasteiger partial charge in [-0.05, 0) is 43.9 Å². The first-order chi connectivity index (χ1) is 14.8. The number of hydrogen-bond acceptors (Lipinski definition) is 6. The minimum absolute atomic E-state index is 0.727. The molecule has 0 unspecified atom stereocenters. The molecule has 1 fully saturated rings. The fourth-order valence-electron chi connectivity index (χ4n) is 4.62. The van der Waals surface area contributed by atoms with E-state index in [4.69, 9.17) is 4.98 Å². The van der Waals surface area contributed by atoms with Crippen molar-refractivity contribution in [2.75, 3.05) is 41.3 Å².